The van der Waals surface area contributed by atoms with Crippen LogP contribution in [0.5, 0.6) is 0 Å². The first kappa shape index (κ1) is 11.6. The molecule has 4 nitrogen and oxygen atoms in total. The minimum absolute atomic E-state index is 0.597. The van der Waals surface area contributed by atoms with Gasteiger partial charge in [0.05, 0.1) is 11.9 Å². The van der Waals surface area contributed by atoms with Crippen LogP contribution in [0.15, 0.2) is 30.9 Å². The smallest absolute Gasteiger partial charge is 0.207 e. The molecule has 0 aliphatic rings. The van der Waals surface area contributed by atoms with E-state index < -0.39 is 0 Å². The Morgan fingerprint density at radius 1 is 1.35 bits per heavy atom. The summed E-state index contributed by atoms with van der Waals surface area (Å²) in [5, 5.41) is 3.32. The van der Waals surface area contributed by atoms with Crippen molar-refractivity contribution in [1.29, 1.82) is 0 Å². The predicted octanol–water partition coefficient (Wildman–Crippen LogP) is 2.99. The van der Waals surface area contributed by atoms with Crippen LogP contribution in [-0.2, 0) is 6.54 Å². The first-order valence-electron chi connectivity index (χ1n) is 5.85. The van der Waals surface area contributed by atoms with E-state index in [-0.39, 0.29) is 0 Å². The Bertz CT molecular complexity index is 488. The molecule has 1 N–H and O–H groups in total. The molecule has 2 aromatic rings. The van der Waals surface area contributed by atoms with Gasteiger partial charge in [-0.05, 0) is 24.5 Å². The lowest BCUT2D eigenvalue weighted by molar-refractivity contribution is 0.527. The van der Waals surface area contributed by atoms with E-state index in [2.05, 4.69) is 40.6 Å². The molecule has 2 rings (SSSR count). The second-order valence-corrected chi connectivity index (χ2v) is 4.61. The number of imidazole rings is 1. The largest absolute Gasteiger partial charge is 0.324 e. The van der Waals surface area contributed by atoms with Gasteiger partial charge in [0, 0.05) is 25.1 Å². The van der Waals surface area contributed by atoms with E-state index >= 15 is 0 Å². The fraction of sp³-hybridized carbons (Fsp3) is 0.385. The SMILES string of the molecule is Cc1ccncc1Nc1nccn1CC(C)C. The second kappa shape index (κ2) is 4.99. The molecule has 0 aliphatic heterocycles. The summed E-state index contributed by atoms with van der Waals surface area (Å²) in [4.78, 5) is 8.45. The molecule has 2 aromatic heterocycles. The lowest BCUT2D eigenvalue weighted by Gasteiger charge is -2.12. The summed E-state index contributed by atoms with van der Waals surface area (Å²) in [5.41, 5.74) is 2.17. The molecule has 0 amide bonds. The first-order valence-corrected chi connectivity index (χ1v) is 5.85. The molecule has 0 unspecified atom stereocenters. The maximum Gasteiger partial charge on any atom is 0.207 e. The molecule has 0 atom stereocenters. The molecule has 0 spiro atoms. The zero-order valence-corrected chi connectivity index (χ0v) is 10.5. The normalized spacial score (nSPS) is 10.8. The van der Waals surface area contributed by atoms with Gasteiger partial charge in [0.25, 0.3) is 0 Å². The Balaban J connectivity index is 2.19. The van der Waals surface area contributed by atoms with Crippen molar-refractivity contribution in [2.24, 2.45) is 5.92 Å². The van der Waals surface area contributed by atoms with Crippen molar-refractivity contribution >= 4 is 11.6 Å². The van der Waals surface area contributed by atoms with Crippen molar-refractivity contribution in [3.8, 4) is 0 Å². The average molecular weight is 230 g/mol. The van der Waals surface area contributed by atoms with Gasteiger partial charge < -0.3 is 9.88 Å². The molecule has 90 valence electrons. The zero-order chi connectivity index (χ0) is 12.3. The molecule has 0 bridgehead atoms. The Morgan fingerprint density at radius 2 is 2.18 bits per heavy atom. The van der Waals surface area contributed by atoms with Gasteiger partial charge in [0.2, 0.25) is 5.95 Å². The molecule has 4 heteroatoms. The number of pyridine rings is 1. The maximum atomic E-state index is 4.33. The van der Waals surface area contributed by atoms with E-state index in [1.165, 1.54) is 5.56 Å². The van der Waals surface area contributed by atoms with E-state index in [1.54, 1.807) is 6.20 Å². The molecule has 0 fully saturated rings. The summed E-state index contributed by atoms with van der Waals surface area (Å²) in [6.07, 6.45) is 7.43. The summed E-state index contributed by atoms with van der Waals surface area (Å²) in [6, 6.07) is 1.98. The van der Waals surface area contributed by atoms with Crippen LogP contribution in [0.25, 0.3) is 0 Å². The molecule has 0 aromatic carbocycles. The van der Waals surface area contributed by atoms with Crippen LogP contribution in [-0.4, -0.2) is 14.5 Å². The summed E-state index contributed by atoms with van der Waals surface area (Å²) < 4.78 is 2.12. The summed E-state index contributed by atoms with van der Waals surface area (Å²) >= 11 is 0. The molecule has 0 aliphatic carbocycles. The van der Waals surface area contributed by atoms with Crippen LogP contribution in [0.2, 0.25) is 0 Å². The highest BCUT2D eigenvalue weighted by Gasteiger charge is 2.06. The number of nitrogens with one attached hydrogen (secondary N) is 1. The minimum atomic E-state index is 0.597. The van der Waals surface area contributed by atoms with Gasteiger partial charge in [-0.3, -0.25) is 4.98 Å². The Hall–Kier alpha value is -1.84. The second-order valence-electron chi connectivity index (χ2n) is 4.61. The predicted molar refractivity (Wildman–Crippen MR) is 69.3 cm³/mol. The number of hydrogen-bond acceptors (Lipinski definition) is 3. The van der Waals surface area contributed by atoms with Crippen LogP contribution in [0.4, 0.5) is 11.6 Å². The lowest BCUT2D eigenvalue weighted by atomic mass is 10.2. The monoisotopic (exact) mass is 230 g/mol. The number of aryl methyl sites for hydroxylation is 1. The van der Waals surface area contributed by atoms with Gasteiger partial charge in [-0.2, -0.15) is 0 Å². The van der Waals surface area contributed by atoms with E-state index in [9.17, 15) is 0 Å². The van der Waals surface area contributed by atoms with Crippen molar-refractivity contribution in [1.82, 2.24) is 14.5 Å². The van der Waals surface area contributed by atoms with Crippen LogP contribution in [0, 0.1) is 12.8 Å². The van der Waals surface area contributed by atoms with E-state index in [0.717, 1.165) is 18.2 Å². The highest BCUT2D eigenvalue weighted by Crippen LogP contribution is 2.18. The first-order chi connectivity index (χ1) is 8.16. The van der Waals surface area contributed by atoms with Gasteiger partial charge >= 0.3 is 0 Å². The van der Waals surface area contributed by atoms with Crippen LogP contribution in [0.3, 0.4) is 0 Å². The quantitative estimate of drug-likeness (QED) is 0.878. The summed E-state index contributed by atoms with van der Waals surface area (Å²) in [7, 11) is 0. The van der Waals surface area contributed by atoms with Gasteiger partial charge in [-0.15, -0.1) is 0 Å². The zero-order valence-electron chi connectivity index (χ0n) is 10.5. The average Bonchev–Trinajstić information content (AvgIpc) is 2.68. The van der Waals surface area contributed by atoms with Crippen molar-refractivity contribution in [2.75, 3.05) is 5.32 Å². The van der Waals surface area contributed by atoms with Gasteiger partial charge in [0.15, 0.2) is 0 Å². The molecule has 0 saturated carbocycles. The Kier molecular flexibility index (Phi) is 3.42. The third kappa shape index (κ3) is 2.84. The van der Waals surface area contributed by atoms with E-state index in [4.69, 9.17) is 0 Å². The van der Waals surface area contributed by atoms with Gasteiger partial charge in [-0.1, -0.05) is 13.8 Å². The number of hydrogen-bond donors (Lipinski definition) is 1. The van der Waals surface area contributed by atoms with Crippen LogP contribution < -0.4 is 5.32 Å². The molecule has 17 heavy (non-hydrogen) atoms. The molecule has 0 saturated heterocycles. The van der Waals surface area contributed by atoms with Crippen molar-refractivity contribution in [2.45, 2.75) is 27.3 Å². The lowest BCUT2D eigenvalue weighted by Crippen LogP contribution is -2.08. The summed E-state index contributed by atoms with van der Waals surface area (Å²) in [5.74, 6) is 1.47. The van der Waals surface area contributed by atoms with Crippen molar-refractivity contribution in [3.05, 3.63) is 36.4 Å². The summed E-state index contributed by atoms with van der Waals surface area (Å²) in [6.45, 7) is 7.40. The number of rotatable bonds is 4. The number of aromatic nitrogens is 3. The van der Waals surface area contributed by atoms with Gasteiger partial charge in [0.1, 0.15) is 0 Å². The highest BCUT2D eigenvalue weighted by atomic mass is 15.2. The fourth-order valence-corrected chi connectivity index (χ4v) is 1.69. The van der Waals surface area contributed by atoms with E-state index in [1.807, 2.05) is 24.7 Å². The van der Waals surface area contributed by atoms with Crippen molar-refractivity contribution < 1.29 is 0 Å². The molecular formula is C13H18N4. The third-order valence-electron chi connectivity index (χ3n) is 2.56. The number of anilines is 2. The Labute approximate surface area is 102 Å². The highest BCUT2D eigenvalue weighted by molar-refractivity contribution is 5.56. The van der Waals surface area contributed by atoms with Crippen LogP contribution >= 0.6 is 0 Å². The number of nitrogens with zero attached hydrogens (tertiary/aromatic N) is 3. The topological polar surface area (TPSA) is 42.7 Å². The van der Waals surface area contributed by atoms with Crippen LogP contribution in [0.1, 0.15) is 19.4 Å². The third-order valence-corrected chi connectivity index (χ3v) is 2.56. The minimum Gasteiger partial charge on any atom is -0.324 e. The molecule has 2 heterocycles. The standard InChI is InChI=1S/C13H18N4/c1-10(2)9-17-7-6-15-13(17)16-12-8-14-5-4-11(12)3/h4-8,10H,9H2,1-3H3,(H,15,16). The maximum absolute atomic E-state index is 4.33. The molecule has 0 radical (unpaired) electrons. The van der Waals surface area contributed by atoms with Crippen molar-refractivity contribution in [3.63, 3.8) is 0 Å². The van der Waals surface area contributed by atoms with Gasteiger partial charge in [-0.25, -0.2) is 4.98 Å². The molecular weight excluding hydrogens is 212 g/mol. The Morgan fingerprint density at radius 3 is 2.88 bits per heavy atom. The van der Waals surface area contributed by atoms with E-state index in [0.29, 0.717) is 5.92 Å². The fourth-order valence-electron chi connectivity index (χ4n) is 1.69.